The Kier molecular flexibility index (Phi) is 4.18. The van der Waals surface area contributed by atoms with E-state index in [4.69, 9.17) is 15.7 Å². The van der Waals surface area contributed by atoms with E-state index in [9.17, 15) is 5.11 Å². The zero-order chi connectivity index (χ0) is 13.8. The Morgan fingerprint density at radius 1 is 1.63 bits per heavy atom. The van der Waals surface area contributed by atoms with Gasteiger partial charge in [-0.05, 0) is 19.1 Å². The summed E-state index contributed by atoms with van der Waals surface area (Å²) in [5.41, 5.74) is 6.17. The molecule has 4 N–H and O–H groups in total. The van der Waals surface area contributed by atoms with Crippen LogP contribution in [0.4, 0.5) is 5.82 Å². The van der Waals surface area contributed by atoms with Crippen LogP contribution in [0.3, 0.4) is 0 Å². The van der Waals surface area contributed by atoms with Crippen LogP contribution in [-0.2, 0) is 4.74 Å². The number of pyridine rings is 1. The van der Waals surface area contributed by atoms with Gasteiger partial charge >= 0.3 is 0 Å². The van der Waals surface area contributed by atoms with Crippen LogP contribution >= 0.6 is 0 Å². The predicted molar refractivity (Wildman–Crippen MR) is 70.4 cm³/mol. The SMILES string of the molecule is CC1CN(c2cc(/C(N)=N/O)ccn2)CC(CO)O1. The van der Waals surface area contributed by atoms with Gasteiger partial charge in [-0.15, -0.1) is 0 Å². The molecule has 7 nitrogen and oxygen atoms in total. The zero-order valence-corrected chi connectivity index (χ0v) is 10.7. The number of rotatable bonds is 3. The monoisotopic (exact) mass is 266 g/mol. The number of nitrogens with zero attached hydrogens (tertiary/aromatic N) is 3. The Morgan fingerprint density at radius 2 is 2.42 bits per heavy atom. The van der Waals surface area contributed by atoms with Crippen molar-refractivity contribution >= 4 is 11.7 Å². The van der Waals surface area contributed by atoms with E-state index in [0.717, 1.165) is 5.82 Å². The number of ether oxygens (including phenoxy) is 1. The highest BCUT2D eigenvalue weighted by Gasteiger charge is 2.25. The fourth-order valence-corrected chi connectivity index (χ4v) is 2.14. The minimum absolute atomic E-state index is 0.0141. The second kappa shape index (κ2) is 5.85. The molecule has 1 aromatic heterocycles. The largest absolute Gasteiger partial charge is 0.409 e. The van der Waals surface area contributed by atoms with Crippen LogP contribution in [0.25, 0.3) is 0 Å². The number of hydrogen-bond donors (Lipinski definition) is 3. The third kappa shape index (κ3) is 3.12. The van der Waals surface area contributed by atoms with Gasteiger partial charge in [-0.3, -0.25) is 0 Å². The molecule has 2 atom stereocenters. The molecular formula is C12H18N4O3. The molecule has 2 unspecified atom stereocenters. The lowest BCUT2D eigenvalue weighted by Gasteiger charge is -2.36. The van der Waals surface area contributed by atoms with Crippen molar-refractivity contribution in [2.75, 3.05) is 24.6 Å². The van der Waals surface area contributed by atoms with Gasteiger partial charge in [0.05, 0.1) is 18.8 Å². The van der Waals surface area contributed by atoms with Crippen LogP contribution in [0.15, 0.2) is 23.5 Å². The number of aliphatic hydroxyl groups excluding tert-OH is 1. The van der Waals surface area contributed by atoms with Crippen LogP contribution in [0.5, 0.6) is 0 Å². The van der Waals surface area contributed by atoms with Crippen molar-refractivity contribution in [3.05, 3.63) is 23.9 Å². The van der Waals surface area contributed by atoms with E-state index in [1.807, 2.05) is 11.8 Å². The molecule has 19 heavy (non-hydrogen) atoms. The standard InChI is InChI=1S/C12H18N4O3/c1-8-5-16(6-10(7-17)19-8)11-4-9(2-3-14-11)12(13)15-18/h2-4,8,10,17-18H,5-7H2,1H3,(H2,13,15). The quantitative estimate of drug-likeness (QED) is 0.302. The Labute approximate surface area is 111 Å². The summed E-state index contributed by atoms with van der Waals surface area (Å²) in [6, 6.07) is 3.42. The molecule has 0 aromatic carbocycles. The van der Waals surface area contributed by atoms with E-state index in [0.29, 0.717) is 18.7 Å². The lowest BCUT2D eigenvalue weighted by molar-refractivity contribution is -0.0423. The van der Waals surface area contributed by atoms with Gasteiger partial charge in [0.25, 0.3) is 0 Å². The average molecular weight is 266 g/mol. The first-order valence-electron chi connectivity index (χ1n) is 6.09. The number of nitrogens with two attached hydrogens (primary N) is 1. The van der Waals surface area contributed by atoms with Crippen LogP contribution in [0.2, 0.25) is 0 Å². The van der Waals surface area contributed by atoms with Gasteiger partial charge in [0.2, 0.25) is 0 Å². The van der Waals surface area contributed by atoms with Crippen LogP contribution < -0.4 is 10.6 Å². The topological polar surface area (TPSA) is 104 Å². The molecule has 104 valence electrons. The van der Waals surface area contributed by atoms with E-state index in [1.165, 1.54) is 0 Å². The van der Waals surface area contributed by atoms with Gasteiger partial charge in [0.1, 0.15) is 5.82 Å². The molecule has 0 saturated carbocycles. The summed E-state index contributed by atoms with van der Waals surface area (Å²) in [4.78, 5) is 6.30. The first kappa shape index (κ1) is 13.6. The number of hydrogen-bond acceptors (Lipinski definition) is 6. The molecule has 1 aliphatic heterocycles. The Balaban J connectivity index is 2.21. The van der Waals surface area contributed by atoms with Crippen molar-refractivity contribution in [3.63, 3.8) is 0 Å². The Bertz CT molecular complexity index is 466. The number of aromatic nitrogens is 1. The molecular weight excluding hydrogens is 248 g/mol. The van der Waals surface area contributed by atoms with Crippen molar-refractivity contribution in [1.82, 2.24) is 4.98 Å². The fraction of sp³-hybridized carbons (Fsp3) is 0.500. The number of oxime groups is 1. The summed E-state index contributed by atoms with van der Waals surface area (Å²) in [7, 11) is 0. The highest BCUT2D eigenvalue weighted by Crippen LogP contribution is 2.19. The molecule has 1 saturated heterocycles. The molecule has 0 spiro atoms. The molecule has 1 fully saturated rings. The van der Waals surface area contributed by atoms with Crippen molar-refractivity contribution in [2.45, 2.75) is 19.1 Å². The molecule has 7 heteroatoms. The van der Waals surface area contributed by atoms with Crippen molar-refractivity contribution in [1.29, 1.82) is 0 Å². The summed E-state index contributed by atoms with van der Waals surface area (Å²) >= 11 is 0. The van der Waals surface area contributed by atoms with Gasteiger partial charge < -0.3 is 25.7 Å². The van der Waals surface area contributed by atoms with Crippen LogP contribution in [0, 0.1) is 0 Å². The highest BCUT2D eigenvalue weighted by molar-refractivity contribution is 5.97. The molecule has 1 aliphatic rings. The molecule has 0 radical (unpaired) electrons. The highest BCUT2D eigenvalue weighted by atomic mass is 16.5. The third-order valence-electron chi connectivity index (χ3n) is 3.00. The van der Waals surface area contributed by atoms with E-state index < -0.39 is 0 Å². The summed E-state index contributed by atoms with van der Waals surface area (Å²) < 4.78 is 5.58. The summed E-state index contributed by atoms with van der Waals surface area (Å²) in [5.74, 6) is 0.765. The van der Waals surface area contributed by atoms with Gasteiger partial charge in [0.15, 0.2) is 5.84 Å². The fourth-order valence-electron chi connectivity index (χ4n) is 2.14. The Hall–Kier alpha value is -1.86. The second-order valence-corrected chi connectivity index (χ2v) is 4.54. The van der Waals surface area contributed by atoms with E-state index in [-0.39, 0.29) is 24.7 Å². The molecule has 2 rings (SSSR count). The number of anilines is 1. The molecule has 1 aromatic rings. The third-order valence-corrected chi connectivity index (χ3v) is 3.00. The molecule has 0 amide bonds. The maximum atomic E-state index is 9.21. The lowest BCUT2D eigenvalue weighted by Crippen LogP contribution is -2.48. The zero-order valence-electron chi connectivity index (χ0n) is 10.7. The van der Waals surface area contributed by atoms with Crippen LogP contribution in [0.1, 0.15) is 12.5 Å². The Morgan fingerprint density at radius 3 is 3.11 bits per heavy atom. The molecule has 0 aliphatic carbocycles. The van der Waals surface area contributed by atoms with Crippen molar-refractivity contribution in [2.24, 2.45) is 10.9 Å². The average Bonchev–Trinajstić information content (AvgIpc) is 2.45. The van der Waals surface area contributed by atoms with Crippen molar-refractivity contribution < 1.29 is 15.1 Å². The maximum absolute atomic E-state index is 9.21. The summed E-state index contributed by atoms with van der Waals surface area (Å²) in [6.07, 6.45) is 1.40. The first-order valence-corrected chi connectivity index (χ1v) is 6.09. The van der Waals surface area contributed by atoms with Gasteiger partial charge in [-0.2, -0.15) is 0 Å². The maximum Gasteiger partial charge on any atom is 0.170 e. The van der Waals surface area contributed by atoms with E-state index >= 15 is 0 Å². The van der Waals surface area contributed by atoms with E-state index in [2.05, 4.69) is 10.1 Å². The normalized spacial score (nSPS) is 24.5. The molecule has 2 heterocycles. The first-order chi connectivity index (χ1) is 9.13. The summed E-state index contributed by atoms with van der Waals surface area (Å²) in [6.45, 7) is 3.17. The van der Waals surface area contributed by atoms with Gasteiger partial charge in [0, 0.05) is 24.8 Å². The smallest absolute Gasteiger partial charge is 0.170 e. The minimum atomic E-state index is -0.224. The van der Waals surface area contributed by atoms with E-state index in [1.54, 1.807) is 18.3 Å². The number of aliphatic hydroxyl groups is 1. The predicted octanol–water partition coefficient (Wildman–Crippen LogP) is -0.238. The minimum Gasteiger partial charge on any atom is -0.409 e. The second-order valence-electron chi connectivity index (χ2n) is 4.54. The summed E-state index contributed by atoms with van der Waals surface area (Å²) in [5, 5.41) is 20.9. The molecule has 0 bridgehead atoms. The van der Waals surface area contributed by atoms with Crippen molar-refractivity contribution in [3.8, 4) is 0 Å². The van der Waals surface area contributed by atoms with Gasteiger partial charge in [-0.1, -0.05) is 5.16 Å². The van der Waals surface area contributed by atoms with Gasteiger partial charge in [-0.25, -0.2) is 4.98 Å². The number of morpholine rings is 1. The number of amidine groups is 1. The lowest BCUT2D eigenvalue weighted by atomic mass is 10.2. The van der Waals surface area contributed by atoms with Crippen LogP contribution in [-0.4, -0.2) is 53.0 Å².